The van der Waals surface area contributed by atoms with E-state index in [9.17, 15) is 9.59 Å². The number of pyridine rings is 1. The summed E-state index contributed by atoms with van der Waals surface area (Å²) in [5.41, 5.74) is 2.72. The van der Waals surface area contributed by atoms with Gasteiger partial charge in [-0.2, -0.15) is 0 Å². The summed E-state index contributed by atoms with van der Waals surface area (Å²) in [5, 5.41) is 7.07. The summed E-state index contributed by atoms with van der Waals surface area (Å²) < 4.78 is 11.2. The number of nitrogens with one attached hydrogen (secondary N) is 2. The van der Waals surface area contributed by atoms with Gasteiger partial charge in [0, 0.05) is 54.4 Å². The number of anilines is 2. The van der Waals surface area contributed by atoms with Gasteiger partial charge in [0.25, 0.3) is 5.91 Å². The lowest BCUT2D eigenvalue weighted by atomic mass is 10.0. The molecule has 0 aliphatic rings. The predicted molar refractivity (Wildman–Crippen MR) is 166 cm³/mol. The van der Waals surface area contributed by atoms with Gasteiger partial charge in [-0.05, 0) is 50.5 Å². The first-order chi connectivity index (χ1) is 19.9. The molecule has 0 aliphatic carbocycles. The molecule has 216 valence electrons. The van der Waals surface area contributed by atoms with Crippen molar-refractivity contribution in [2.24, 2.45) is 0 Å². The fourth-order valence-corrected chi connectivity index (χ4v) is 4.87. The minimum absolute atomic E-state index is 0.259. The quantitative estimate of drug-likeness (QED) is 0.162. The van der Waals surface area contributed by atoms with Gasteiger partial charge < -0.3 is 24.6 Å². The van der Waals surface area contributed by atoms with Crippen molar-refractivity contribution in [3.8, 4) is 11.5 Å². The fraction of sp³-hybridized carbons (Fsp3) is 0.300. The Balaban J connectivity index is 1.67. The number of hydrogen-bond acceptors (Lipinski definition) is 7. The Hall–Kier alpha value is -3.79. The normalized spacial score (nSPS) is 11.1. The van der Waals surface area contributed by atoms with Crippen LogP contribution < -0.4 is 25.0 Å². The summed E-state index contributed by atoms with van der Waals surface area (Å²) in [6.45, 7) is 2.47. The molecule has 0 atom stereocenters. The lowest BCUT2D eigenvalue weighted by molar-refractivity contribution is 0.0952. The Kier molecular flexibility index (Phi) is 10.5. The molecule has 4 aromatic rings. The monoisotopic (exact) mass is 597 g/mol. The molecule has 0 saturated carbocycles. The van der Waals surface area contributed by atoms with E-state index in [-0.39, 0.29) is 5.91 Å². The number of amides is 2. The van der Waals surface area contributed by atoms with Crippen molar-refractivity contribution in [3.63, 3.8) is 0 Å². The zero-order valence-corrected chi connectivity index (χ0v) is 24.8. The van der Waals surface area contributed by atoms with Crippen molar-refractivity contribution in [2.75, 3.05) is 69.4 Å². The van der Waals surface area contributed by atoms with E-state index in [0.717, 1.165) is 5.69 Å². The Bertz CT molecular complexity index is 1510. The van der Waals surface area contributed by atoms with Crippen molar-refractivity contribution in [3.05, 3.63) is 66.2 Å². The number of alkyl halides is 2. The van der Waals surface area contributed by atoms with E-state index in [4.69, 9.17) is 37.7 Å². The van der Waals surface area contributed by atoms with Crippen LogP contribution in [0.2, 0.25) is 0 Å². The minimum Gasteiger partial charge on any atom is -0.494 e. The van der Waals surface area contributed by atoms with Gasteiger partial charge in [-0.3, -0.25) is 10.1 Å². The SMILES string of the molecule is COc1cccc2c(NC(=O)Oc3ccc(N(CCCl)CCCl)cc3)c3cccc(C(=O)NCCN(C)C)c3nc12. The Morgan fingerprint density at radius 2 is 1.54 bits per heavy atom. The van der Waals surface area contributed by atoms with E-state index in [1.807, 2.05) is 49.3 Å². The van der Waals surface area contributed by atoms with Crippen molar-refractivity contribution < 1.29 is 19.1 Å². The zero-order valence-electron chi connectivity index (χ0n) is 23.2. The number of fused-ring (bicyclic) bond motifs is 2. The van der Waals surface area contributed by atoms with E-state index in [1.54, 1.807) is 37.4 Å². The second-order valence-corrected chi connectivity index (χ2v) is 10.2. The summed E-state index contributed by atoms with van der Waals surface area (Å²) in [7, 11) is 5.42. The van der Waals surface area contributed by atoms with Gasteiger partial charge in [-0.15, -0.1) is 23.2 Å². The molecule has 2 N–H and O–H groups in total. The van der Waals surface area contributed by atoms with Crippen LogP contribution in [0.4, 0.5) is 16.2 Å². The number of rotatable bonds is 12. The topological polar surface area (TPSA) is 96.0 Å². The Morgan fingerprint density at radius 1 is 0.878 bits per heavy atom. The maximum atomic E-state index is 13.2. The standard InChI is InChI=1S/C30H33Cl2N5O4/c1-36(2)19-16-33-29(38)24-8-4-6-22-26(23-7-5-9-25(40-3)28(23)34-27(22)24)35-30(39)41-21-12-10-20(11-13-21)37(17-14-31)18-15-32/h4-13H,14-19H2,1-3H3,(H,33,38)(H,34,35,39). The van der Waals surface area contributed by atoms with E-state index in [2.05, 4.69) is 15.5 Å². The molecule has 0 radical (unpaired) electrons. The highest BCUT2D eigenvalue weighted by Crippen LogP contribution is 2.36. The number of carbonyl (C=O) groups is 2. The van der Waals surface area contributed by atoms with E-state index in [0.29, 0.717) is 82.5 Å². The first kappa shape index (κ1) is 30.2. The second kappa shape index (κ2) is 14.2. The van der Waals surface area contributed by atoms with Crippen LogP contribution in [0.1, 0.15) is 10.4 Å². The number of nitrogens with zero attached hydrogens (tertiary/aromatic N) is 3. The van der Waals surface area contributed by atoms with Crippen LogP contribution in [0.25, 0.3) is 21.8 Å². The molecule has 0 fully saturated rings. The maximum Gasteiger partial charge on any atom is 0.417 e. The van der Waals surface area contributed by atoms with Gasteiger partial charge in [0.05, 0.1) is 23.9 Å². The molecule has 2 amide bonds. The lowest BCUT2D eigenvalue weighted by Gasteiger charge is -2.23. The molecule has 0 unspecified atom stereocenters. The van der Waals surface area contributed by atoms with Crippen LogP contribution >= 0.6 is 23.2 Å². The molecule has 0 aliphatic heterocycles. The van der Waals surface area contributed by atoms with Gasteiger partial charge in [0.15, 0.2) is 0 Å². The van der Waals surface area contributed by atoms with Crippen LogP contribution in [-0.2, 0) is 0 Å². The average Bonchev–Trinajstić information content (AvgIpc) is 2.96. The minimum atomic E-state index is -0.687. The van der Waals surface area contributed by atoms with Crippen molar-refractivity contribution in [1.82, 2.24) is 15.2 Å². The Morgan fingerprint density at radius 3 is 2.17 bits per heavy atom. The molecule has 1 heterocycles. The van der Waals surface area contributed by atoms with Gasteiger partial charge >= 0.3 is 6.09 Å². The largest absolute Gasteiger partial charge is 0.494 e. The van der Waals surface area contributed by atoms with E-state index < -0.39 is 6.09 Å². The highest BCUT2D eigenvalue weighted by molar-refractivity contribution is 6.19. The fourth-order valence-electron chi connectivity index (χ4n) is 4.47. The molecular weight excluding hydrogens is 565 g/mol. The summed E-state index contributed by atoms with van der Waals surface area (Å²) in [4.78, 5) is 35.1. The summed E-state index contributed by atoms with van der Waals surface area (Å²) >= 11 is 11.8. The molecule has 0 spiro atoms. The number of para-hydroxylation sites is 2. The van der Waals surface area contributed by atoms with Gasteiger partial charge in [0.2, 0.25) is 0 Å². The summed E-state index contributed by atoms with van der Waals surface area (Å²) in [6, 6.07) is 17.8. The first-order valence-electron chi connectivity index (χ1n) is 13.1. The van der Waals surface area contributed by atoms with Crippen LogP contribution in [0, 0.1) is 0 Å². The average molecular weight is 599 g/mol. The molecule has 0 saturated heterocycles. The molecule has 41 heavy (non-hydrogen) atoms. The van der Waals surface area contributed by atoms with Gasteiger partial charge in [-0.1, -0.05) is 24.3 Å². The maximum absolute atomic E-state index is 13.2. The van der Waals surface area contributed by atoms with Gasteiger partial charge in [0.1, 0.15) is 17.0 Å². The highest BCUT2D eigenvalue weighted by Gasteiger charge is 2.20. The van der Waals surface area contributed by atoms with Crippen LogP contribution in [0.5, 0.6) is 11.5 Å². The third kappa shape index (κ3) is 7.30. The number of ether oxygens (including phenoxy) is 2. The highest BCUT2D eigenvalue weighted by atomic mass is 35.5. The smallest absolute Gasteiger partial charge is 0.417 e. The number of likely N-dealkylation sites (N-methyl/N-ethyl adjacent to an activating group) is 1. The number of aromatic nitrogens is 1. The lowest BCUT2D eigenvalue weighted by Crippen LogP contribution is -2.31. The zero-order chi connectivity index (χ0) is 29.4. The summed E-state index contributed by atoms with van der Waals surface area (Å²) in [6.07, 6.45) is -0.687. The number of carbonyl (C=O) groups excluding carboxylic acids is 2. The molecular formula is C30H33Cl2N5O4. The van der Waals surface area contributed by atoms with Crippen LogP contribution in [0.3, 0.4) is 0 Å². The summed E-state index contributed by atoms with van der Waals surface area (Å²) in [5.74, 6) is 1.55. The van der Waals surface area contributed by atoms with Crippen LogP contribution in [-0.4, -0.2) is 81.0 Å². The van der Waals surface area contributed by atoms with Crippen LogP contribution in [0.15, 0.2) is 60.7 Å². The molecule has 1 aromatic heterocycles. The molecule has 9 nitrogen and oxygen atoms in total. The Labute approximate surface area is 249 Å². The van der Waals surface area contributed by atoms with E-state index >= 15 is 0 Å². The second-order valence-electron chi connectivity index (χ2n) is 9.48. The third-order valence-electron chi connectivity index (χ3n) is 6.45. The number of hydrogen-bond donors (Lipinski definition) is 2. The van der Waals surface area contributed by atoms with Crippen molar-refractivity contribution >= 4 is 68.4 Å². The molecule has 0 bridgehead atoms. The molecule has 3 aromatic carbocycles. The predicted octanol–water partition coefficient (Wildman–Crippen LogP) is 5.58. The molecule has 4 rings (SSSR count). The number of benzene rings is 3. The first-order valence-corrected chi connectivity index (χ1v) is 14.2. The number of halogens is 2. The van der Waals surface area contributed by atoms with Crippen molar-refractivity contribution in [2.45, 2.75) is 0 Å². The number of methoxy groups -OCH3 is 1. The van der Waals surface area contributed by atoms with Crippen molar-refractivity contribution in [1.29, 1.82) is 0 Å². The van der Waals surface area contributed by atoms with Gasteiger partial charge in [-0.25, -0.2) is 9.78 Å². The molecule has 11 heteroatoms. The van der Waals surface area contributed by atoms with E-state index in [1.165, 1.54) is 0 Å². The third-order valence-corrected chi connectivity index (χ3v) is 6.79.